The first-order chi connectivity index (χ1) is 15.3. The van der Waals surface area contributed by atoms with Crippen LogP contribution < -0.4 is 0 Å². The van der Waals surface area contributed by atoms with Crippen LogP contribution >= 0.6 is 0 Å². The molecule has 32 heavy (non-hydrogen) atoms. The number of unbranched alkanes of at least 4 members (excludes halogenated alkanes) is 1. The minimum atomic E-state index is -1.10. The number of ether oxygens (including phenoxy) is 1. The fourth-order valence-corrected chi connectivity index (χ4v) is 4.96. The lowest BCUT2D eigenvalue weighted by molar-refractivity contribution is -0.147. The fraction of sp³-hybridized carbons (Fsp3) is 0.593. The maximum Gasteiger partial charge on any atom is 0.306 e. The van der Waals surface area contributed by atoms with Crippen LogP contribution in [0.5, 0.6) is 0 Å². The van der Waals surface area contributed by atoms with Gasteiger partial charge in [-0.05, 0) is 68.9 Å². The molecule has 2 N–H and O–H groups in total. The molecule has 5 atom stereocenters. The molecule has 1 saturated carbocycles. The zero-order valence-corrected chi connectivity index (χ0v) is 19.2. The highest BCUT2D eigenvalue weighted by molar-refractivity contribution is 5.69. The number of hydrogen-bond acceptors (Lipinski definition) is 4. The third-order valence-electron chi connectivity index (χ3n) is 6.66. The van der Waals surface area contributed by atoms with Gasteiger partial charge >= 0.3 is 5.97 Å². The highest BCUT2D eigenvalue weighted by Gasteiger charge is 2.40. The molecule has 4 nitrogen and oxygen atoms in total. The SMILES string of the molecule is CC(C)OC(=O)CCC/C=C\C[C@@H]1[C@@H](/C=C/[C@@H](O)C2Cc3ccccc3C2)[C@@H](F)C[C@@H]1O. The average molecular weight is 445 g/mol. The molecule has 0 heterocycles. The van der Waals surface area contributed by atoms with Gasteiger partial charge in [0.05, 0.1) is 18.3 Å². The van der Waals surface area contributed by atoms with E-state index in [1.807, 2.05) is 38.1 Å². The number of fused-ring (bicyclic) bond motifs is 1. The standard InChI is InChI=1S/C27H37FO4/c1-18(2)32-27(31)12-6-4-3-5-11-23-22(24(28)17-26(23)30)13-14-25(29)21-15-19-9-7-8-10-20(19)16-21/h3,5,7-10,13-14,18,21-26,29-30H,4,6,11-12,15-17H2,1-2H3/b5-3-,14-13+/t22-,23-,24+,25-,26+/m1/s1. The van der Waals surface area contributed by atoms with E-state index in [0.717, 1.165) is 19.3 Å². The van der Waals surface area contributed by atoms with Gasteiger partial charge < -0.3 is 14.9 Å². The molecule has 0 aliphatic heterocycles. The summed E-state index contributed by atoms with van der Waals surface area (Å²) in [5.74, 6) is -0.659. The monoisotopic (exact) mass is 444 g/mol. The molecule has 2 aliphatic rings. The van der Waals surface area contributed by atoms with Crippen molar-refractivity contribution in [2.45, 2.75) is 83.3 Å². The average Bonchev–Trinajstić information content (AvgIpc) is 3.29. The van der Waals surface area contributed by atoms with Crippen LogP contribution in [0.15, 0.2) is 48.6 Å². The van der Waals surface area contributed by atoms with E-state index in [1.165, 1.54) is 11.1 Å². The van der Waals surface area contributed by atoms with Gasteiger partial charge in [-0.25, -0.2) is 4.39 Å². The summed E-state index contributed by atoms with van der Waals surface area (Å²) in [6.45, 7) is 3.67. The Labute approximate surface area is 191 Å². The Kier molecular flexibility index (Phi) is 9.06. The summed E-state index contributed by atoms with van der Waals surface area (Å²) in [5, 5.41) is 21.0. The Balaban J connectivity index is 1.47. The molecular formula is C27H37FO4. The Hall–Kier alpha value is -1.98. The number of rotatable bonds is 10. The van der Waals surface area contributed by atoms with Gasteiger partial charge in [0.25, 0.3) is 0 Å². The van der Waals surface area contributed by atoms with Crippen LogP contribution in [0.4, 0.5) is 4.39 Å². The zero-order chi connectivity index (χ0) is 23.1. The first-order valence-electron chi connectivity index (χ1n) is 11.9. The first kappa shape index (κ1) is 24.7. The number of halogens is 1. The van der Waals surface area contributed by atoms with Gasteiger partial charge in [-0.3, -0.25) is 4.79 Å². The smallest absolute Gasteiger partial charge is 0.306 e. The van der Waals surface area contributed by atoms with Gasteiger partial charge in [0.1, 0.15) is 6.17 Å². The Morgan fingerprint density at radius 1 is 1.22 bits per heavy atom. The lowest BCUT2D eigenvalue weighted by Gasteiger charge is -2.20. The van der Waals surface area contributed by atoms with Crippen molar-refractivity contribution in [1.82, 2.24) is 0 Å². The molecule has 0 amide bonds. The minimum absolute atomic E-state index is 0.0944. The molecule has 1 aromatic carbocycles. The van der Waals surface area contributed by atoms with Crippen molar-refractivity contribution in [2.75, 3.05) is 0 Å². The van der Waals surface area contributed by atoms with Crippen LogP contribution in [-0.2, 0) is 22.4 Å². The summed E-state index contributed by atoms with van der Waals surface area (Å²) >= 11 is 0. The third kappa shape index (κ3) is 6.76. The van der Waals surface area contributed by atoms with Crippen molar-refractivity contribution in [1.29, 1.82) is 0 Å². The van der Waals surface area contributed by atoms with Gasteiger partial charge in [-0.1, -0.05) is 48.6 Å². The highest BCUT2D eigenvalue weighted by atomic mass is 19.1. The van der Waals surface area contributed by atoms with E-state index in [9.17, 15) is 19.4 Å². The molecule has 1 aromatic rings. The normalized spacial score (nSPS) is 26.9. The summed E-state index contributed by atoms with van der Waals surface area (Å²) < 4.78 is 19.7. The molecule has 0 radical (unpaired) electrons. The Bertz CT molecular complexity index is 778. The summed E-state index contributed by atoms with van der Waals surface area (Å²) in [4.78, 5) is 11.6. The maximum absolute atomic E-state index is 14.6. The van der Waals surface area contributed by atoms with Crippen LogP contribution in [0, 0.1) is 17.8 Å². The first-order valence-corrected chi connectivity index (χ1v) is 11.9. The summed E-state index contributed by atoms with van der Waals surface area (Å²) in [6, 6.07) is 8.25. The van der Waals surface area contributed by atoms with E-state index in [1.54, 1.807) is 12.2 Å². The molecule has 5 heteroatoms. The number of aliphatic hydroxyl groups is 2. The molecule has 1 fully saturated rings. The molecule has 3 rings (SSSR count). The lowest BCUT2D eigenvalue weighted by Crippen LogP contribution is -2.21. The van der Waals surface area contributed by atoms with Crippen LogP contribution in [0.2, 0.25) is 0 Å². The van der Waals surface area contributed by atoms with E-state index >= 15 is 0 Å². The molecule has 0 aromatic heterocycles. The van der Waals surface area contributed by atoms with E-state index in [2.05, 4.69) is 12.1 Å². The van der Waals surface area contributed by atoms with E-state index in [0.29, 0.717) is 19.3 Å². The van der Waals surface area contributed by atoms with Gasteiger partial charge in [0.2, 0.25) is 0 Å². The number of aliphatic hydroxyl groups excluding tert-OH is 2. The minimum Gasteiger partial charge on any atom is -0.463 e. The number of esters is 1. The van der Waals surface area contributed by atoms with Crippen molar-refractivity contribution < 1.29 is 24.1 Å². The van der Waals surface area contributed by atoms with Crippen molar-refractivity contribution in [3.8, 4) is 0 Å². The predicted octanol–water partition coefficient (Wildman–Crippen LogP) is 4.72. The zero-order valence-electron chi connectivity index (χ0n) is 19.2. The largest absolute Gasteiger partial charge is 0.463 e. The van der Waals surface area contributed by atoms with Gasteiger partial charge in [-0.2, -0.15) is 0 Å². The molecular weight excluding hydrogens is 407 g/mol. The van der Waals surface area contributed by atoms with Crippen LogP contribution in [0.3, 0.4) is 0 Å². The van der Waals surface area contributed by atoms with Gasteiger partial charge in [-0.15, -0.1) is 0 Å². The van der Waals surface area contributed by atoms with Crippen molar-refractivity contribution in [2.24, 2.45) is 17.8 Å². The van der Waals surface area contributed by atoms with Gasteiger partial charge in [0, 0.05) is 18.8 Å². The quantitative estimate of drug-likeness (QED) is 0.311. The lowest BCUT2D eigenvalue weighted by atomic mass is 9.89. The number of benzene rings is 1. The molecule has 0 unspecified atom stereocenters. The van der Waals surface area contributed by atoms with Crippen molar-refractivity contribution in [3.05, 3.63) is 59.7 Å². The van der Waals surface area contributed by atoms with E-state index < -0.39 is 24.3 Å². The van der Waals surface area contributed by atoms with E-state index in [-0.39, 0.29) is 30.3 Å². The molecule has 176 valence electrons. The molecule has 2 aliphatic carbocycles. The third-order valence-corrected chi connectivity index (χ3v) is 6.66. The number of hydrogen-bond donors (Lipinski definition) is 2. The summed E-state index contributed by atoms with van der Waals surface area (Å²) in [7, 11) is 0. The molecule has 0 bridgehead atoms. The van der Waals surface area contributed by atoms with Crippen molar-refractivity contribution in [3.63, 3.8) is 0 Å². The second-order valence-electron chi connectivity index (χ2n) is 9.51. The molecule has 0 saturated heterocycles. The van der Waals surface area contributed by atoms with Crippen LogP contribution in [0.1, 0.15) is 57.1 Å². The van der Waals surface area contributed by atoms with Crippen LogP contribution in [-0.4, -0.2) is 40.7 Å². The topological polar surface area (TPSA) is 66.8 Å². The summed E-state index contributed by atoms with van der Waals surface area (Å²) in [5.41, 5.74) is 2.56. The molecule has 0 spiro atoms. The highest BCUT2D eigenvalue weighted by Crippen LogP contribution is 2.38. The Morgan fingerprint density at radius 3 is 2.56 bits per heavy atom. The predicted molar refractivity (Wildman–Crippen MR) is 124 cm³/mol. The Morgan fingerprint density at radius 2 is 1.91 bits per heavy atom. The fourth-order valence-electron chi connectivity index (χ4n) is 4.96. The van der Waals surface area contributed by atoms with E-state index in [4.69, 9.17) is 4.74 Å². The van der Waals surface area contributed by atoms with Crippen LogP contribution in [0.25, 0.3) is 0 Å². The summed E-state index contributed by atoms with van der Waals surface area (Å²) in [6.07, 6.45) is 9.24. The number of carbonyl (C=O) groups excluding carboxylic acids is 1. The van der Waals surface area contributed by atoms with Gasteiger partial charge in [0.15, 0.2) is 0 Å². The number of alkyl halides is 1. The maximum atomic E-state index is 14.6. The second kappa shape index (κ2) is 11.8. The number of carbonyl (C=O) groups is 1. The number of allylic oxidation sites excluding steroid dienone is 3. The second-order valence-corrected chi connectivity index (χ2v) is 9.51. The van der Waals surface area contributed by atoms with Crippen molar-refractivity contribution >= 4 is 5.97 Å².